The third kappa shape index (κ3) is 2.81. The molecule has 2 heterocycles. The maximum atomic E-state index is 10.1. The number of nitrogens with zero attached hydrogens (tertiary/aromatic N) is 2. The highest BCUT2D eigenvalue weighted by atomic mass is 16.3. The minimum Gasteiger partial charge on any atom is -0.396 e. The number of piperidine rings is 1. The molecule has 3 rings (SSSR count). The molecular formula is C18H24N2O2. The maximum Gasteiger partial charge on any atom is 0.129 e. The topological polar surface area (TPSA) is 56.6 Å². The van der Waals surface area contributed by atoms with Crippen LogP contribution in [-0.4, -0.2) is 41.0 Å². The Bertz CT molecular complexity index is 671. The largest absolute Gasteiger partial charge is 0.396 e. The molecule has 1 aromatic heterocycles. The highest BCUT2D eigenvalue weighted by Crippen LogP contribution is 2.27. The SMILES string of the molecule is CCc1ccc2nc(N3CC[C@@H](CO)[C@H](O)C3)cc(C)c2c1. The summed E-state index contributed by atoms with van der Waals surface area (Å²) >= 11 is 0. The molecule has 0 saturated carbocycles. The van der Waals surface area contributed by atoms with Gasteiger partial charge in [-0.15, -0.1) is 0 Å². The molecular weight excluding hydrogens is 276 g/mol. The van der Waals surface area contributed by atoms with E-state index >= 15 is 0 Å². The van der Waals surface area contributed by atoms with Crippen LogP contribution in [0.2, 0.25) is 0 Å². The Morgan fingerprint density at radius 3 is 2.82 bits per heavy atom. The average molecular weight is 300 g/mol. The molecule has 0 radical (unpaired) electrons. The number of β-amino-alcohol motifs (C(OH)–C–C–N with tert-alkyl or cyclic N) is 1. The summed E-state index contributed by atoms with van der Waals surface area (Å²) in [6.45, 7) is 5.69. The van der Waals surface area contributed by atoms with Crippen molar-refractivity contribution in [3.63, 3.8) is 0 Å². The number of pyridine rings is 1. The number of aromatic nitrogens is 1. The average Bonchev–Trinajstić information content (AvgIpc) is 2.54. The Labute approximate surface area is 131 Å². The van der Waals surface area contributed by atoms with Crippen LogP contribution >= 0.6 is 0 Å². The van der Waals surface area contributed by atoms with Crippen LogP contribution < -0.4 is 4.90 Å². The van der Waals surface area contributed by atoms with E-state index in [1.54, 1.807) is 0 Å². The molecule has 0 aliphatic carbocycles. The molecule has 1 fully saturated rings. The summed E-state index contributed by atoms with van der Waals surface area (Å²) in [6.07, 6.45) is 1.34. The molecule has 2 aromatic rings. The zero-order valence-electron chi connectivity index (χ0n) is 13.3. The summed E-state index contributed by atoms with van der Waals surface area (Å²) in [4.78, 5) is 6.89. The van der Waals surface area contributed by atoms with Crippen molar-refractivity contribution >= 4 is 16.7 Å². The van der Waals surface area contributed by atoms with Gasteiger partial charge in [-0.25, -0.2) is 4.98 Å². The van der Waals surface area contributed by atoms with Crippen molar-refractivity contribution < 1.29 is 10.2 Å². The van der Waals surface area contributed by atoms with Gasteiger partial charge in [0.25, 0.3) is 0 Å². The fourth-order valence-electron chi connectivity index (χ4n) is 3.21. The van der Waals surface area contributed by atoms with Gasteiger partial charge in [0.15, 0.2) is 0 Å². The summed E-state index contributed by atoms with van der Waals surface area (Å²) in [7, 11) is 0. The standard InChI is InChI=1S/C18H24N2O2/c1-3-13-4-5-16-15(9-13)12(2)8-18(19-16)20-7-6-14(11-21)17(22)10-20/h4-5,8-9,14,17,21-22H,3,6-7,10-11H2,1-2H3/t14-,17+/m0/s1. The zero-order valence-corrected chi connectivity index (χ0v) is 13.3. The van der Waals surface area contributed by atoms with Crippen LogP contribution in [0.15, 0.2) is 24.3 Å². The Morgan fingerprint density at radius 1 is 1.32 bits per heavy atom. The number of hydrogen-bond acceptors (Lipinski definition) is 4. The number of rotatable bonds is 3. The van der Waals surface area contributed by atoms with Crippen molar-refractivity contribution in [3.8, 4) is 0 Å². The molecule has 118 valence electrons. The molecule has 1 aliphatic heterocycles. The van der Waals surface area contributed by atoms with Crippen molar-refractivity contribution in [3.05, 3.63) is 35.4 Å². The normalized spacial score (nSPS) is 22.3. The van der Waals surface area contributed by atoms with E-state index in [1.165, 1.54) is 16.5 Å². The van der Waals surface area contributed by atoms with Gasteiger partial charge in [-0.3, -0.25) is 0 Å². The molecule has 22 heavy (non-hydrogen) atoms. The summed E-state index contributed by atoms with van der Waals surface area (Å²) in [6, 6.07) is 8.54. The fourth-order valence-corrected chi connectivity index (χ4v) is 3.21. The molecule has 1 aromatic carbocycles. The van der Waals surface area contributed by atoms with Gasteiger partial charge in [0, 0.05) is 31.0 Å². The van der Waals surface area contributed by atoms with E-state index in [9.17, 15) is 10.2 Å². The van der Waals surface area contributed by atoms with Gasteiger partial charge in [-0.2, -0.15) is 0 Å². The van der Waals surface area contributed by atoms with Crippen molar-refractivity contribution in [1.82, 2.24) is 4.98 Å². The highest BCUT2D eigenvalue weighted by molar-refractivity contribution is 5.84. The van der Waals surface area contributed by atoms with Gasteiger partial charge >= 0.3 is 0 Å². The van der Waals surface area contributed by atoms with Crippen LogP contribution in [0.3, 0.4) is 0 Å². The summed E-state index contributed by atoms with van der Waals surface area (Å²) in [5, 5.41) is 20.6. The minimum atomic E-state index is -0.487. The van der Waals surface area contributed by atoms with E-state index in [4.69, 9.17) is 4.98 Å². The number of aliphatic hydroxyl groups excluding tert-OH is 2. The van der Waals surface area contributed by atoms with Crippen molar-refractivity contribution in [2.75, 3.05) is 24.6 Å². The maximum absolute atomic E-state index is 10.1. The van der Waals surface area contributed by atoms with Gasteiger partial charge in [-0.1, -0.05) is 13.0 Å². The van der Waals surface area contributed by atoms with Crippen LogP contribution in [0.1, 0.15) is 24.5 Å². The van der Waals surface area contributed by atoms with E-state index in [1.807, 2.05) is 0 Å². The monoisotopic (exact) mass is 300 g/mol. The molecule has 4 nitrogen and oxygen atoms in total. The smallest absolute Gasteiger partial charge is 0.129 e. The highest BCUT2D eigenvalue weighted by Gasteiger charge is 2.27. The number of aliphatic hydroxyl groups is 2. The zero-order chi connectivity index (χ0) is 15.7. The number of anilines is 1. The first-order chi connectivity index (χ1) is 10.6. The summed E-state index contributed by atoms with van der Waals surface area (Å²) in [5.41, 5.74) is 3.55. The van der Waals surface area contributed by atoms with Crippen LogP contribution in [0.4, 0.5) is 5.82 Å². The van der Waals surface area contributed by atoms with Gasteiger partial charge in [0.2, 0.25) is 0 Å². The molecule has 1 aliphatic rings. The molecule has 0 unspecified atom stereocenters. The molecule has 0 spiro atoms. The van der Waals surface area contributed by atoms with Crippen LogP contribution in [-0.2, 0) is 6.42 Å². The predicted octanol–water partition coefficient (Wildman–Crippen LogP) is 2.29. The molecule has 0 bridgehead atoms. The van der Waals surface area contributed by atoms with E-state index < -0.39 is 6.10 Å². The van der Waals surface area contributed by atoms with Crippen molar-refractivity contribution in [2.45, 2.75) is 32.8 Å². The van der Waals surface area contributed by atoms with Crippen LogP contribution in [0.25, 0.3) is 10.9 Å². The van der Waals surface area contributed by atoms with Crippen molar-refractivity contribution in [2.24, 2.45) is 5.92 Å². The van der Waals surface area contributed by atoms with E-state index in [0.717, 1.165) is 30.7 Å². The number of hydrogen-bond donors (Lipinski definition) is 2. The first-order valence-electron chi connectivity index (χ1n) is 8.06. The second-order valence-electron chi connectivity index (χ2n) is 6.25. The Hall–Kier alpha value is -1.65. The second kappa shape index (κ2) is 6.23. The van der Waals surface area contributed by atoms with Crippen LogP contribution in [0, 0.1) is 12.8 Å². The van der Waals surface area contributed by atoms with Gasteiger partial charge in [0.1, 0.15) is 5.82 Å². The van der Waals surface area contributed by atoms with E-state index in [0.29, 0.717) is 6.54 Å². The molecule has 0 amide bonds. The third-order valence-corrected chi connectivity index (χ3v) is 4.75. The van der Waals surface area contributed by atoms with Crippen molar-refractivity contribution in [1.29, 1.82) is 0 Å². The predicted molar refractivity (Wildman–Crippen MR) is 89.3 cm³/mol. The van der Waals surface area contributed by atoms with E-state index in [2.05, 4.69) is 43.0 Å². The molecule has 1 saturated heterocycles. The Kier molecular flexibility index (Phi) is 4.32. The number of aryl methyl sites for hydroxylation is 2. The lowest BCUT2D eigenvalue weighted by Crippen LogP contribution is -2.45. The Morgan fingerprint density at radius 2 is 2.14 bits per heavy atom. The summed E-state index contributed by atoms with van der Waals surface area (Å²) in [5.74, 6) is 0.912. The second-order valence-corrected chi connectivity index (χ2v) is 6.25. The lowest BCUT2D eigenvalue weighted by molar-refractivity contribution is 0.0546. The Balaban J connectivity index is 1.92. The number of fused-ring (bicyclic) bond motifs is 1. The lowest BCUT2D eigenvalue weighted by atomic mass is 9.94. The summed E-state index contributed by atoms with van der Waals surface area (Å²) < 4.78 is 0. The quantitative estimate of drug-likeness (QED) is 0.913. The van der Waals surface area contributed by atoms with E-state index in [-0.39, 0.29) is 12.5 Å². The molecule has 2 N–H and O–H groups in total. The minimum absolute atomic E-state index is 0.00934. The fraction of sp³-hybridized carbons (Fsp3) is 0.500. The first-order valence-corrected chi connectivity index (χ1v) is 8.06. The van der Waals surface area contributed by atoms with Gasteiger partial charge in [-0.05, 0) is 49.1 Å². The molecule has 2 atom stereocenters. The lowest BCUT2D eigenvalue weighted by Gasteiger charge is -2.36. The third-order valence-electron chi connectivity index (χ3n) is 4.75. The van der Waals surface area contributed by atoms with Crippen LogP contribution in [0.5, 0.6) is 0 Å². The number of benzene rings is 1. The molecule has 4 heteroatoms. The first kappa shape index (κ1) is 15.3. The van der Waals surface area contributed by atoms with Gasteiger partial charge in [0.05, 0.1) is 11.6 Å². The van der Waals surface area contributed by atoms with Gasteiger partial charge < -0.3 is 15.1 Å².